The highest BCUT2D eigenvalue weighted by atomic mass is 16.5. The van der Waals surface area contributed by atoms with Crippen LogP contribution in [-0.4, -0.2) is 59.1 Å². The fraction of sp³-hybridized carbons (Fsp3) is 0.621. The highest BCUT2D eigenvalue weighted by molar-refractivity contribution is 5.96. The van der Waals surface area contributed by atoms with Gasteiger partial charge in [-0.3, -0.25) is 9.59 Å². The van der Waals surface area contributed by atoms with Crippen LogP contribution in [0.2, 0.25) is 0 Å². The second-order valence-electron chi connectivity index (χ2n) is 11.0. The highest BCUT2D eigenvalue weighted by Gasteiger charge is 2.45. The number of carbonyl (C=O) groups is 2. The van der Waals surface area contributed by atoms with Gasteiger partial charge in [0.25, 0.3) is 5.91 Å². The van der Waals surface area contributed by atoms with Crippen LogP contribution in [0.25, 0.3) is 0 Å². The van der Waals surface area contributed by atoms with E-state index < -0.39 is 5.41 Å². The Morgan fingerprint density at radius 1 is 1.03 bits per heavy atom. The van der Waals surface area contributed by atoms with Gasteiger partial charge in [0.1, 0.15) is 23.7 Å². The topological polar surface area (TPSA) is 75.9 Å². The fourth-order valence-corrected chi connectivity index (χ4v) is 5.69. The molecule has 0 aliphatic carbocycles. The summed E-state index contributed by atoms with van der Waals surface area (Å²) in [5.41, 5.74) is 2.10. The Morgan fingerprint density at radius 3 is 2.44 bits per heavy atom. The van der Waals surface area contributed by atoms with Crippen LogP contribution in [0.4, 0.5) is 0 Å². The maximum absolute atomic E-state index is 14.1. The number of hydrogen-bond acceptors (Lipinski definition) is 5. The van der Waals surface area contributed by atoms with Gasteiger partial charge < -0.3 is 19.1 Å². The van der Waals surface area contributed by atoms with Crippen LogP contribution in [0.1, 0.15) is 93.1 Å². The van der Waals surface area contributed by atoms with Crippen LogP contribution in [0.5, 0.6) is 5.75 Å². The first-order chi connectivity index (χ1) is 17.2. The number of rotatable bonds is 3. The molecule has 7 heteroatoms. The number of amides is 2. The van der Waals surface area contributed by atoms with Gasteiger partial charge >= 0.3 is 0 Å². The van der Waals surface area contributed by atoms with Crippen molar-refractivity contribution in [3.63, 3.8) is 0 Å². The molecule has 3 heterocycles. The van der Waals surface area contributed by atoms with Crippen LogP contribution in [0.15, 0.2) is 28.8 Å². The number of ether oxygens (including phenoxy) is 1. The molecule has 1 aromatic carbocycles. The first-order valence-corrected chi connectivity index (χ1v) is 13.5. The summed E-state index contributed by atoms with van der Waals surface area (Å²) in [4.78, 5) is 31.4. The fourth-order valence-electron chi connectivity index (χ4n) is 5.69. The number of piperidine rings is 1. The van der Waals surface area contributed by atoms with Gasteiger partial charge in [-0.05, 0) is 70.4 Å². The van der Waals surface area contributed by atoms with Gasteiger partial charge in [-0.1, -0.05) is 43.6 Å². The zero-order chi connectivity index (χ0) is 25.9. The number of fused-ring (bicyclic) bond motifs is 1. The van der Waals surface area contributed by atoms with Crippen LogP contribution in [0.3, 0.4) is 0 Å². The lowest BCUT2D eigenvalue weighted by molar-refractivity contribution is -0.148. The molecule has 0 unspecified atom stereocenters. The van der Waals surface area contributed by atoms with Crippen molar-refractivity contribution in [2.75, 3.05) is 26.2 Å². The monoisotopic (exact) mass is 495 g/mol. The molecule has 0 saturated carbocycles. The number of nitrogens with zero attached hydrogens (tertiary/aromatic N) is 3. The molecular formula is C29H41N3O4. The SMILES string of the molecule is Cc1onc(C(C)C)c1C(=O)N1CCC2(CCCCc3ccccc3OCCN(C(C)C)C2=O)CC1. The van der Waals surface area contributed by atoms with E-state index in [0.717, 1.165) is 31.4 Å². The van der Waals surface area contributed by atoms with Gasteiger partial charge in [0.05, 0.1) is 17.7 Å². The van der Waals surface area contributed by atoms with Crippen LogP contribution in [0, 0.1) is 12.3 Å². The van der Waals surface area contributed by atoms with E-state index >= 15 is 0 Å². The number of carbonyl (C=O) groups excluding carboxylic acids is 2. The smallest absolute Gasteiger partial charge is 0.259 e. The third-order valence-corrected chi connectivity index (χ3v) is 7.91. The molecule has 1 saturated heterocycles. The second-order valence-corrected chi connectivity index (χ2v) is 11.0. The van der Waals surface area contributed by atoms with E-state index in [2.05, 4.69) is 31.1 Å². The quantitative estimate of drug-likeness (QED) is 0.572. The molecule has 0 atom stereocenters. The third kappa shape index (κ3) is 5.30. The molecule has 2 aliphatic heterocycles. The van der Waals surface area contributed by atoms with Crippen molar-refractivity contribution in [3.05, 3.63) is 46.8 Å². The molecule has 0 N–H and O–H groups in total. The average Bonchev–Trinajstić information content (AvgIpc) is 3.25. The highest BCUT2D eigenvalue weighted by Crippen LogP contribution is 2.40. The zero-order valence-electron chi connectivity index (χ0n) is 22.5. The van der Waals surface area contributed by atoms with E-state index in [1.165, 1.54) is 5.56 Å². The summed E-state index contributed by atoms with van der Waals surface area (Å²) in [6.07, 6.45) is 5.14. The predicted octanol–water partition coefficient (Wildman–Crippen LogP) is 5.37. The summed E-state index contributed by atoms with van der Waals surface area (Å²) in [6.45, 7) is 12.2. The Kier molecular flexibility index (Phi) is 8.06. The van der Waals surface area contributed by atoms with Gasteiger partial charge in [0.2, 0.25) is 5.91 Å². The molecule has 196 valence electrons. The lowest BCUT2D eigenvalue weighted by Gasteiger charge is -2.44. The Hall–Kier alpha value is -2.83. The molecule has 2 aliphatic rings. The van der Waals surface area contributed by atoms with Gasteiger partial charge in [-0.25, -0.2) is 0 Å². The minimum atomic E-state index is -0.440. The van der Waals surface area contributed by atoms with Crippen molar-refractivity contribution in [2.24, 2.45) is 5.41 Å². The number of aromatic nitrogens is 1. The number of aryl methyl sites for hydroxylation is 2. The predicted molar refractivity (Wildman–Crippen MR) is 139 cm³/mol. The lowest BCUT2D eigenvalue weighted by atomic mass is 9.72. The third-order valence-electron chi connectivity index (χ3n) is 7.91. The van der Waals surface area contributed by atoms with Gasteiger partial charge in [-0.2, -0.15) is 0 Å². The molecule has 1 fully saturated rings. The minimum absolute atomic E-state index is 0.0291. The molecule has 2 amide bonds. The van der Waals surface area contributed by atoms with Gasteiger partial charge in [0.15, 0.2) is 0 Å². The van der Waals surface area contributed by atoms with Gasteiger partial charge in [0, 0.05) is 19.1 Å². The van der Waals surface area contributed by atoms with Crippen molar-refractivity contribution in [2.45, 2.75) is 85.1 Å². The summed E-state index contributed by atoms with van der Waals surface area (Å²) in [6, 6.07) is 8.33. The summed E-state index contributed by atoms with van der Waals surface area (Å²) in [5.74, 6) is 1.79. The van der Waals surface area contributed by atoms with Crippen LogP contribution < -0.4 is 4.74 Å². The van der Waals surface area contributed by atoms with E-state index in [4.69, 9.17) is 9.26 Å². The molecule has 7 nitrogen and oxygen atoms in total. The molecule has 0 radical (unpaired) electrons. The molecule has 4 rings (SSSR count). The first kappa shape index (κ1) is 26.2. The van der Waals surface area contributed by atoms with E-state index in [0.29, 0.717) is 56.1 Å². The average molecular weight is 496 g/mol. The molecule has 1 aromatic heterocycles. The molecular weight excluding hydrogens is 454 g/mol. The van der Waals surface area contributed by atoms with E-state index in [9.17, 15) is 9.59 Å². The zero-order valence-corrected chi connectivity index (χ0v) is 22.5. The van der Waals surface area contributed by atoms with E-state index in [1.807, 2.05) is 35.8 Å². The number of hydrogen-bond donors (Lipinski definition) is 0. The number of likely N-dealkylation sites (tertiary alicyclic amines) is 1. The summed E-state index contributed by atoms with van der Waals surface area (Å²) in [7, 11) is 0. The van der Waals surface area contributed by atoms with Crippen molar-refractivity contribution < 1.29 is 18.8 Å². The van der Waals surface area contributed by atoms with Crippen molar-refractivity contribution in [1.82, 2.24) is 15.0 Å². The van der Waals surface area contributed by atoms with Crippen LogP contribution >= 0.6 is 0 Å². The van der Waals surface area contributed by atoms with Gasteiger partial charge in [-0.15, -0.1) is 0 Å². The number of para-hydroxylation sites is 1. The molecule has 1 spiro atoms. The summed E-state index contributed by atoms with van der Waals surface area (Å²) in [5, 5.41) is 4.14. The maximum Gasteiger partial charge on any atom is 0.259 e. The largest absolute Gasteiger partial charge is 0.491 e. The van der Waals surface area contributed by atoms with Crippen molar-refractivity contribution in [3.8, 4) is 5.75 Å². The van der Waals surface area contributed by atoms with E-state index in [-0.39, 0.29) is 23.8 Å². The second kappa shape index (κ2) is 11.1. The summed E-state index contributed by atoms with van der Waals surface area (Å²) < 4.78 is 11.5. The van der Waals surface area contributed by atoms with E-state index in [1.54, 1.807) is 6.92 Å². The Bertz CT molecular complexity index is 1070. The summed E-state index contributed by atoms with van der Waals surface area (Å²) >= 11 is 0. The van der Waals surface area contributed by atoms with Crippen molar-refractivity contribution in [1.29, 1.82) is 0 Å². The molecule has 0 bridgehead atoms. The molecule has 36 heavy (non-hydrogen) atoms. The Labute approximate surface area is 215 Å². The normalized spacial score (nSPS) is 19.1. The molecule has 2 aromatic rings. The minimum Gasteiger partial charge on any atom is -0.491 e. The maximum atomic E-state index is 14.1. The van der Waals surface area contributed by atoms with Crippen molar-refractivity contribution >= 4 is 11.8 Å². The first-order valence-electron chi connectivity index (χ1n) is 13.5. The number of benzene rings is 1. The van der Waals surface area contributed by atoms with Crippen LogP contribution in [-0.2, 0) is 11.2 Å². The Morgan fingerprint density at radius 2 is 1.75 bits per heavy atom. The Balaban J connectivity index is 1.53. The lowest BCUT2D eigenvalue weighted by Crippen LogP contribution is -2.53. The standard InChI is InChI=1S/C29H41N3O4/c1-20(2)26-25(22(5)36-30-26)27(33)31-16-14-29(15-17-31)13-9-8-11-23-10-6-7-12-24(23)35-19-18-32(21(3)4)28(29)34/h6-7,10,12,20-21H,8-9,11,13-19H2,1-5H3.